The molecule has 1 aromatic carbocycles. The van der Waals surface area contributed by atoms with Gasteiger partial charge in [-0.25, -0.2) is 9.97 Å². The molecule has 4 heterocycles. The highest BCUT2D eigenvalue weighted by Gasteiger charge is 2.23. The predicted molar refractivity (Wildman–Crippen MR) is 132 cm³/mol. The number of aromatic nitrogens is 4. The molecule has 5 aromatic rings. The van der Waals surface area contributed by atoms with E-state index in [2.05, 4.69) is 44.6 Å². The van der Waals surface area contributed by atoms with Gasteiger partial charge in [-0.05, 0) is 54.5 Å². The molecule has 0 bridgehead atoms. The number of fused-ring (bicyclic) bond motifs is 1. The van der Waals surface area contributed by atoms with Gasteiger partial charge in [0.2, 0.25) is 0 Å². The van der Waals surface area contributed by atoms with Crippen LogP contribution < -0.4 is 5.32 Å². The molecule has 0 fully saturated rings. The molecule has 33 heavy (non-hydrogen) atoms. The highest BCUT2D eigenvalue weighted by atomic mass is 32.1. The summed E-state index contributed by atoms with van der Waals surface area (Å²) in [6.07, 6.45) is 6.37. The van der Waals surface area contributed by atoms with Crippen LogP contribution >= 0.6 is 11.3 Å². The fraction of sp³-hybridized carbons (Fsp3) is 0.154. The van der Waals surface area contributed by atoms with Crippen LogP contribution in [0.2, 0.25) is 0 Å². The monoisotopic (exact) mass is 453 g/mol. The Labute approximate surface area is 196 Å². The van der Waals surface area contributed by atoms with Crippen molar-refractivity contribution < 1.29 is 4.79 Å². The number of aryl methyl sites for hydroxylation is 1. The minimum absolute atomic E-state index is 0.194. The average Bonchev–Trinajstić information content (AvgIpc) is 3.53. The quantitative estimate of drug-likeness (QED) is 0.324. The summed E-state index contributed by atoms with van der Waals surface area (Å²) in [5, 5.41) is 10.5. The zero-order chi connectivity index (χ0) is 22.5. The van der Waals surface area contributed by atoms with Crippen LogP contribution in [-0.4, -0.2) is 32.2 Å². The van der Waals surface area contributed by atoms with Gasteiger partial charge in [-0.2, -0.15) is 9.78 Å². The van der Waals surface area contributed by atoms with Gasteiger partial charge in [0.1, 0.15) is 0 Å². The lowest BCUT2D eigenvalue weighted by Gasteiger charge is -2.05. The molecule has 0 atom stereocenters. The highest BCUT2D eigenvalue weighted by molar-refractivity contribution is 7.13. The van der Waals surface area contributed by atoms with Gasteiger partial charge in [0.25, 0.3) is 5.91 Å². The maximum atomic E-state index is 13.2. The number of carbonyl (C=O) groups excluding carboxylic acids is 1. The summed E-state index contributed by atoms with van der Waals surface area (Å²) >= 11 is 1.63. The van der Waals surface area contributed by atoms with E-state index in [1.807, 2.05) is 47.8 Å². The van der Waals surface area contributed by atoms with E-state index in [-0.39, 0.29) is 5.91 Å². The second kappa shape index (κ2) is 9.75. The number of benzene rings is 1. The zero-order valence-corrected chi connectivity index (χ0v) is 18.8. The summed E-state index contributed by atoms with van der Waals surface area (Å²) in [6, 6.07) is 22.0. The number of hydrogen-bond donors (Lipinski definition) is 1. The third kappa shape index (κ3) is 4.54. The SMILES string of the molecule is O=C(NCCCCc1ccccc1)c1nn(-c2ccccn2)c2nccc(-c3cccs3)c12. The Kier molecular flexibility index (Phi) is 6.21. The minimum Gasteiger partial charge on any atom is -0.351 e. The van der Waals surface area contributed by atoms with E-state index >= 15 is 0 Å². The van der Waals surface area contributed by atoms with Crippen LogP contribution in [0, 0.1) is 0 Å². The fourth-order valence-electron chi connectivity index (χ4n) is 3.86. The van der Waals surface area contributed by atoms with Crippen molar-refractivity contribution in [2.75, 3.05) is 6.54 Å². The van der Waals surface area contributed by atoms with Gasteiger partial charge in [0.05, 0.1) is 5.39 Å². The number of amides is 1. The molecule has 0 unspecified atom stereocenters. The van der Waals surface area contributed by atoms with E-state index in [1.54, 1.807) is 28.4 Å². The average molecular weight is 454 g/mol. The molecule has 0 aliphatic carbocycles. The molecule has 0 spiro atoms. The molecule has 0 radical (unpaired) electrons. The van der Waals surface area contributed by atoms with Crippen molar-refractivity contribution >= 4 is 28.3 Å². The Balaban J connectivity index is 1.41. The zero-order valence-electron chi connectivity index (χ0n) is 18.0. The smallest absolute Gasteiger partial charge is 0.272 e. The first-order valence-corrected chi connectivity index (χ1v) is 11.8. The first kappa shape index (κ1) is 21.0. The number of rotatable bonds is 8. The van der Waals surface area contributed by atoms with Crippen molar-refractivity contribution in [2.45, 2.75) is 19.3 Å². The molecular weight excluding hydrogens is 430 g/mol. The molecule has 6 nitrogen and oxygen atoms in total. The number of nitrogens with zero attached hydrogens (tertiary/aromatic N) is 4. The fourth-order valence-corrected chi connectivity index (χ4v) is 4.62. The topological polar surface area (TPSA) is 72.7 Å². The Morgan fingerprint density at radius 3 is 2.58 bits per heavy atom. The van der Waals surface area contributed by atoms with Crippen LogP contribution in [0.1, 0.15) is 28.9 Å². The first-order valence-electron chi connectivity index (χ1n) is 11.0. The van der Waals surface area contributed by atoms with Crippen LogP contribution in [0.5, 0.6) is 0 Å². The minimum atomic E-state index is -0.194. The lowest BCUT2D eigenvalue weighted by molar-refractivity contribution is 0.0949. The molecule has 1 amide bonds. The Bertz CT molecular complexity index is 1350. The summed E-state index contributed by atoms with van der Waals surface area (Å²) in [7, 11) is 0. The van der Waals surface area contributed by atoms with Crippen molar-refractivity contribution in [3.05, 3.63) is 95.8 Å². The van der Waals surface area contributed by atoms with Crippen molar-refractivity contribution in [1.29, 1.82) is 0 Å². The van der Waals surface area contributed by atoms with Crippen molar-refractivity contribution in [3.63, 3.8) is 0 Å². The van der Waals surface area contributed by atoms with Gasteiger partial charge in [0, 0.05) is 29.4 Å². The molecule has 5 rings (SSSR count). The van der Waals surface area contributed by atoms with E-state index in [1.165, 1.54) is 5.56 Å². The Morgan fingerprint density at radius 1 is 0.909 bits per heavy atom. The second-order valence-electron chi connectivity index (χ2n) is 7.68. The third-order valence-electron chi connectivity index (χ3n) is 5.46. The molecule has 4 aromatic heterocycles. The number of unbranched alkanes of at least 4 members (excludes halogenated alkanes) is 1. The van der Waals surface area contributed by atoms with Gasteiger partial charge in [-0.15, -0.1) is 11.3 Å². The number of hydrogen-bond acceptors (Lipinski definition) is 5. The van der Waals surface area contributed by atoms with E-state index in [0.717, 1.165) is 35.1 Å². The highest BCUT2D eigenvalue weighted by Crippen LogP contribution is 2.33. The molecule has 0 saturated heterocycles. The number of nitrogens with one attached hydrogen (secondary N) is 1. The molecule has 164 valence electrons. The van der Waals surface area contributed by atoms with Gasteiger partial charge >= 0.3 is 0 Å². The summed E-state index contributed by atoms with van der Waals surface area (Å²) in [4.78, 5) is 23.3. The summed E-state index contributed by atoms with van der Waals surface area (Å²) in [5.41, 5.74) is 3.26. The molecule has 1 N–H and O–H groups in total. The van der Waals surface area contributed by atoms with Crippen LogP contribution in [0.25, 0.3) is 27.3 Å². The molecule has 7 heteroatoms. The standard InChI is InChI=1S/C26H23N5OS/c32-26(29-16-6-4-11-19-9-2-1-3-10-19)24-23-20(21-12-8-18-33-21)14-17-28-25(23)31(30-24)22-13-5-7-15-27-22/h1-3,5,7-10,12-15,17-18H,4,6,11,16H2,(H,29,32). The van der Waals surface area contributed by atoms with Gasteiger partial charge < -0.3 is 5.32 Å². The largest absolute Gasteiger partial charge is 0.351 e. The van der Waals surface area contributed by atoms with Gasteiger partial charge in [-0.1, -0.05) is 42.5 Å². The first-order chi connectivity index (χ1) is 16.3. The summed E-state index contributed by atoms with van der Waals surface area (Å²) in [6.45, 7) is 0.595. The number of pyridine rings is 2. The maximum absolute atomic E-state index is 13.2. The van der Waals surface area contributed by atoms with Crippen molar-refractivity contribution in [3.8, 4) is 16.3 Å². The van der Waals surface area contributed by atoms with Crippen LogP contribution in [0.15, 0.2) is 84.5 Å². The van der Waals surface area contributed by atoms with Crippen LogP contribution in [0.4, 0.5) is 0 Å². The second-order valence-corrected chi connectivity index (χ2v) is 8.63. The van der Waals surface area contributed by atoms with E-state index in [4.69, 9.17) is 0 Å². The Hall–Kier alpha value is -3.84. The van der Waals surface area contributed by atoms with Gasteiger partial charge in [-0.3, -0.25) is 4.79 Å². The summed E-state index contributed by atoms with van der Waals surface area (Å²) < 4.78 is 1.65. The third-order valence-corrected chi connectivity index (χ3v) is 6.36. The van der Waals surface area contributed by atoms with Crippen LogP contribution in [0.3, 0.4) is 0 Å². The summed E-state index contributed by atoms with van der Waals surface area (Å²) in [5.74, 6) is 0.431. The van der Waals surface area contributed by atoms with Crippen LogP contribution in [-0.2, 0) is 6.42 Å². The predicted octanol–water partition coefficient (Wildman–Crippen LogP) is 5.30. The normalized spacial score (nSPS) is 11.0. The molecular formula is C26H23N5OS. The maximum Gasteiger partial charge on any atom is 0.272 e. The Morgan fingerprint density at radius 2 is 1.79 bits per heavy atom. The lowest BCUT2D eigenvalue weighted by Crippen LogP contribution is -2.25. The van der Waals surface area contributed by atoms with E-state index < -0.39 is 0 Å². The van der Waals surface area contributed by atoms with Crippen molar-refractivity contribution in [1.82, 2.24) is 25.1 Å². The van der Waals surface area contributed by atoms with Gasteiger partial charge in [0.15, 0.2) is 17.2 Å². The number of carbonyl (C=O) groups is 1. The lowest BCUT2D eigenvalue weighted by atomic mass is 10.1. The van der Waals surface area contributed by atoms with E-state index in [9.17, 15) is 4.79 Å². The molecule has 0 aliphatic heterocycles. The number of thiophene rings is 1. The van der Waals surface area contributed by atoms with E-state index in [0.29, 0.717) is 23.7 Å². The molecule has 0 aliphatic rings. The molecule has 0 saturated carbocycles. The van der Waals surface area contributed by atoms with Crippen molar-refractivity contribution in [2.24, 2.45) is 0 Å².